The molecule has 0 aromatic carbocycles. The zero-order valence-electron chi connectivity index (χ0n) is 14.3. The van der Waals surface area contributed by atoms with Crippen molar-refractivity contribution >= 4 is 11.6 Å². The van der Waals surface area contributed by atoms with Gasteiger partial charge in [0, 0.05) is 17.3 Å². The normalized spacial score (nSPS) is 57.1. The number of allylic oxidation sites excluding steroid dienone is 1. The molecule has 0 N–H and O–H groups in total. The van der Waals surface area contributed by atoms with Gasteiger partial charge in [0.15, 0.2) is 5.78 Å². The minimum Gasteiger partial charge on any atom is -0.365 e. The van der Waals surface area contributed by atoms with E-state index in [9.17, 15) is 9.59 Å². The fourth-order valence-electron chi connectivity index (χ4n) is 6.82. The average Bonchev–Trinajstić information content (AvgIpc) is 3.25. The van der Waals surface area contributed by atoms with Crippen molar-refractivity contribution in [3.63, 3.8) is 0 Å². The summed E-state index contributed by atoms with van der Waals surface area (Å²) in [6.07, 6.45) is 7.69. The Labute approximate surface area is 137 Å². The zero-order valence-corrected chi connectivity index (χ0v) is 14.3. The summed E-state index contributed by atoms with van der Waals surface area (Å²) < 4.78 is 5.81. The number of rotatable bonds is 0. The summed E-state index contributed by atoms with van der Waals surface area (Å²) >= 11 is 0. The number of carbonyl (C=O) groups is 2. The lowest BCUT2D eigenvalue weighted by Crippen LogP contribution is -2.53. The van der Waals surface area contributed by atoms with Crippen LogP contribution in [0.5, 0.6) is 0 Å². The smallest absolute Gasteiger partial charge is 0.159 e. The van der Waals surface area contributed by atoms with Gasteiger partial charge in [0.05, 0.1) is 6.10 Å². The highest BCUT2D eigenvalue weighted by Gasteiger charge is 2.65. The molecule has 0 unspecified atom stereocenters. The van der Waals surface area contributed by atoms with Crippen LogP contribution in [0.2, 0.25) is 0 Å². The summed E-state index contributed by atoms with van der Waals surface area (Å²) in [5.74, 6) is 1.54. The number of hydrogen-bond donors (Lipinski definition) is 0. The lowest BCUT2D eigenvalue weighted by atomic mass is 9.48. The van der Waals surface area contributed by atoms with Crippen LogP contribution in [0.4, 0.5) is 0 Å². The molecule has 4 fully saturated rings. The van der Waals surface area contributed by atoms with E-state index < -0.39 is 0 Å². The molecule has 0 amide bonds. The molecule has 1 aliphatic heterocycles. The van der Waals surface area contributed by atoms with Crippen molar-refractivity contribution in [2.45, 2.75) is 65.1 Å². The van der Waals surface area contributed by atoms with Crippen LogP contribution < -0.4 is 0 Å². The summed E-state index contributed by atoms with van der Waals surface area (Å²) in [6, 6.07) is 0. The zero-order chi connectivity index (χ0) is 16.1. The molecule has 5 aliphatic rings. The first-order valence-electron chi connectivity index (χ1n) is 9.32. The van der Waals surface area contributed by atoms with E-state index in [2.05, 4.69) is 20.8 Å². The fraction of sp³-hybridized carbons (Fsp3) is 0.800. The molecule has 8 atom stereocenters. The lowest BCUT2D eigenvalue weighted by Gasteiger charge is -2.54. The average molecular weight is 314 g/mol. The van der Waals surface area contributed by atoms with Gasteiger partial charge in [-0.15, -0.1) is 0 Å². The van der Waals surface area contributed by atoms with Crippen LogP contribution in [-0.2, 0) is 14.3 Å². The molecule has 124 valence electrons. The molecule has 23 heavy (non-hydrogen) atoms. The molecule has 0 bridgehead atoms. The van der Waals surface area contributed by atoms with Gasteiger partial charge < -0.3 is 4.74 Å². The molecule has 3 nitrogen and oxygen atoms in total. The number of ether oxygens (including phenoxy) is 1. The van der Waals surface area contributed by atoms with Crippen molar-refractivity contribution < 1.29 is 14.3 Å². The van der Waals surface area contributed by atoms with E-state index >= 15 is 0 Å². The van der Waals surface area contributed by atoms with Gasteiger partial charge in [0.2, 0.25) is 0 Å². The molecule has 5 rings (SSSR count). The maximum atomic E-state index is 13.0. The van der Waals surface area contributed by atoms with Gasteiger partial charge in [-0.1, -0.05) is 20.8 Å². The van der Waals surface area contributed by atoms with Crippen LogP contribution in [0.25, 0.3) is 0 Å². The van der Waals surface area contributed by atoms with Crippen LogP contribution in [0, 0.1) is 34.5 Å². The highest BCUT2D eigenvalue weighted by Crippen LogP contribution is 2.65. The minimum absolute atomic E-state index is 0.0618. The second-order valence-electron chi connectivity index (χ2n) is 9.25. The van der Waals surface area contributed by atoms with Crippen LogP contribution >= 0.6 is 0 Å². The Morgan fingerprint density at radius 3 is 2.61 bits per heavy atom. The third-order valence-corrected chi connectivity index (χ3v) is 8.22. The van der Waals surface area contributed by atoms with Gasteiger partial charge in [-0.25, -0.2) is 0 Å². The van der Waals surface area contributed by atoms with E-state index in [1.165, 1.54) is 5.57 Å². The standard InChI is InChI=1S/C20H26O3/c1-10-8-12-16-11(4-6-20(12,3)18(10)22)19(2)7-5-15-17(23-15)13(19)9-14(16)21/h9-12,15-17H,4-8H2,1-3H3/t10-,11+,12+,15-,16-,17+,19-,20+/m1/s1. The van der Waals surface area contributed by atoms with Crippen molar-refractivity contribution in [2.24, 2.45) is 34.5 Å². The molecule has 0 aromatic heterocycles. The number of ketones is 2. The number of fused-ring (bicyclic) bond motifs is 7. The molecular formula is C20H26O3. The van der Waals surface area contributed by atoms with Crippen LogP contribution in [0.15, 0.2) is 11.6 Å². The maximum Gasteiger partial charge on any atom is 0.159 e. The first-order valence-corrected chi connectivity index (χ1v) is 9.32. The van der Waals surface area contributed by atoms with Gasteiger partial charge in [-0.05, 0) is 61.0 Å². The fourth-order valence-corrected chi connectivity index (χ4v) is 6.82. The van der Waals surface area contributed by atoms with Crippen molar-refractivity contribution in [2.75, 3.05) is 0 Å². The van der Waals surface area contributed by atoms with E-state index in [-0.39, 0.29) is 40.5 Å². The predicted molar refractivity (Wildman–Crippen MR) is 85.7 cm³/mol. The third-order valence-electron chi connectivity index (χ3n) is 8.22. The molecule has 3 heteroatoms. The van der Waals surface area contributed by atoms with Crippen molar-refractivity contribution in [3.05, 3.63) is 11.6 Å². The monoisotopic (exact) mass is 314 g/mol. The summed E-state index contributed by atoms with van der Waals surface area (Å²) in [5.41, 5.74) is 1.14. The Hall–Kier alpha value is -0.960. The largest absolute Gasteiger partial charge is 0.365 e. The minimum atomic E-state index is -0.259. The first-order chi connectivity index (χ1) is 10.9. The van der Waals surface area contributed by atoms with Crippen molar-refractivity contribution in [3.8, 4) is 0 Å². The molecule has 3 saturated carbocycles. The van der Waals surface area contributed by atoms with E-state index in [4.69, 9.17) is 4.74 Å². The number of carbonyl (C=O) groups excluding carboxylic acids is 2. The van der Waals surface area contributed by atoms with Crippen LogP contribution in [0.1, 0.15) is 52.9 Å². The topological polar surface area (TPSA) is 46.7 Å². The number of hydrogen-bond acceptors (Lipinski definition) is 3. The van der Waals surface area contributed by atoms with Gasteiger partial charge in [0.1, 0.15) is 11.9 Å². The van der Waals surface area contributed by atoms with Gasteiger partial charge in [-0.3, -0.25) is 9.59 Å². The van der Waals surface area contributed by atoms with E-state index in [0.29, 0.717) is 17.8 Å². The lowest BCUT2D eigenvalue weighted by molar-refractivity contribution is -0.139. The third kappa shape index (κ3) is 1.60. The van der Waals surface area contributed by atoms with E-state index in [1.54, 1.807) is 0 Å². The predicted octanol–water partition coefficient (Wildman–Crippen LogP) is 3.32. The quantitative estimate of drug-likeness (QED) is 0.644. The molecule has 0 aromatic rings. The molecule has 0 radical (unpaired) electrons. The van der Waals surface area contributed by atoms with Crippen molar-refractivity contribution in [1.82, 2.24) is 0 Å². The molecule has 4 aliphatic carbocycles. The maximum absolute atomic E-state index is 13.0. The second kappa shape index (κ2) is 4.17. The van der Waals surface area contributed by atoms with Gasteiger partial charge in [-0.2, -0.15) is 0 Å². The second-order valence-corrected chi connectivity index (χ2v) is 9.25. The van der Waals surface area contributed by atoms with Gasteiger partial charge >= 0.3 is 0 Å². The number of epoxide rings is 1. The first kappa shape index (κ1) is 14.4. The summed E-state index contributed by atoms with van der Waals surface area (Å²) in [6.45, 7) is 6.56. The Kier molecular flexibility index (Phi) is 2.61. The Morgan fingerprint density at radius 2 is 1.83 bits per heavy atom. The molecule has 1 saturated heterocycles. The van der Waals surface area contributed by atoms with Crippen molar-refractivity contribution in [1.29, 1.82) is 0 Å². The molecule has 1 heterocycles. The summed E-state index contributed by atoms with van der Waals surface area (Å²) in [4.78, 5) is 25.8. The van der Waals surface area contributed by atoms with Crippen LogP contribution in [0.3, 0.4) is 0 Å². The van der Waals surface area contributed by atoms with Gasteiger partial charge in [0.25, 0.3) is 0 Å². The summed E-state index contributed by atoms with van der Waals surface area (Å²) in [5, 5.41) is 0. The highest BCUT2D eigenvalue weighted by molar-refractivity contribution is 5.97. The number of Topliss-reactive ketones (excluding diaryl/α,β-unsaturated/α-hetero) is 1. The SMILES string of the molecule is C[C@@H]1C[C@H]2[C@@H]3C(=O)C=C4[C@@H]5O[C@@H]5CC[C@]4(C)[C@H]3CC[C@]2(C)C1=O. The Bertz CT molecular complexity index is 649. The molecule has 0 spiro atoms. The molecular weight excluding hydrogens is 288 g/mol. The van der Waals surface area contributed by atoms with E-state index in [0.717, 1.165) is 32.1 Å². The Balaban J connectivity index is 1.60. The summed E-state index contributed by atoms with van der Waals surface area (Å²) in [7, 11) is 0. The highest BCUT2D eigenvalue weighted by atomic mass is 16.6. The van der Waals surface area contributed by atoms with E-state index in [1.807, 2.05) is 6.08 Å². The Morgan fingerprint density at radius 1 is 1.09 bits per heavy atom. The van der Waals surface area contributed by atoms with Crippen LogP contribution in [-0.4, -0.2) is 23.8 Å².